The SMILES string of the molecule is CC(C)c1ccccc1NC(=O)[C@@H](C)OC(=O)c1cc(Br)ccc1N. The Labute approximate surface area is 155 Å². The predicted octanol–water partition coefficient (Wildman–Crippen LogP) is 4.34. The fraction of sp³-hybridized carbons (Fsp3) is 0.263. The van der Waals surface area contributed by atoms with Gasteiger partial charge in [0.25, 0.3) is 5.91 Å². The number of hydrogen-bond acceptors (Lipinski definition) is 4. The van der Waals surface area contributed by atoms with Crippen LogP contribution in [0.5, 0.6) is 0 Å². The van der Waals surface area contributed by atoms with E-state index in [4.69, 9.17) is 10.5 Å². The smallest absolute Gasteiger partial charge is 0.341 e. The van der Waals surface area contributed by atoms with Gasteiger partial charge in [-0.25, -0.2) is 4.79 Å². The van der Waals surface area contributed by atoms with Crippen molar-refractivity contribution >= 4 is 39.2 Å². The third-order valence-corrected chi connectivity index (χ3v) is 4.22. The minimum absolute atomic E-state index is 0.219. The van der Waals surface area contributed by atoms with Crippen molar-refractivity contribution in [3.63, 3.8) is 0 Å². The van der Waals surface area contributed by atoms with E-state index in [1.54, 1.807) is 18.2 Å². The van der Waals surface area contributed by atoms with Crippen molar-refractivity contribution in [3.8, 4) is 0 Å². The monoisotopic (exact) mass is 404 g/mol. The van der Waals surface area contributed by atoms with Gasteiger partial charge in [0.1, 0.15) is 0 Å². The molecule has 0 spiro atoms. The summed E-state index contributed by atoms with van der Waals surface area (Å²) in [5.41, 5.74) is 8.05. The van der Waals surface area contributed by atoms with Crippen LogP contribution in [0.4, 0.5) is 11.4 Å². The number of nitrogens with two attached hydrogens (primary N) is 1. The van der Waals surface area contributed by atoms with Gasteiger partial charge in [-0.3, -0.25) is 4.79 Å². The summed E-state index contributed by atoms with van der Waals surface area (Å²) in [6, 6.07) is 12.4. The summed E-state index contributed by atoms with van der Waals surface area (Å²) in [5, 5.41) is 2.82. The highest BCUT2D eigenvalue weighted by molar-refractivity contribution is 9.10. The largest absolute Gasteiger partial charge is 0.449 e. The number of amides is 1. The van der Waals surface area contributed by atoms with E-state index < -0.39 is 18.0 Å². The molecule has 0 aliphatic heterocycles. The van der Waals surface area contributed by atoms with Crippen LogP contribution in [0.2, 0.25) is 0 Å². The Bertz CT molecular complexity index is 790. The number of carbonyl (C=O) groups is 2. The van der Waals surface area contributed by atoms with Crippen molar-refractivity contribution in [1.29, 1.82) is 0 Å². The molecule has 0 aliphatic carbocycles. The molecule has 25 heavy (non-hydrogen) atoms. The van der Waals surface area contributed by atoms with Crippen LogP contribution in [0.15, 0.2) is 46.9 Å². The Morgan fingerprint density at radius 2 is 1.80 bits per heavy atom. The number of carbonyl (C=O) groups excluding carboxylic acids is 2. The van der Waals surface area contributed by atoms with Gasteiger partial charge in [0.05, 0.1) is 5.56 Å². The maximum Gasteiger partial charge on any atom is 0.341 e. The van der Waals surface area contributed by atoms with Gasteiger partial charge < -0.3 is 15.8 Å². The van der Waals surface area contributed by atoms with Crippen molar-refractivity contribution in [2.24, 2.45) is 0 Å². The standard InChI is InChI=1S/C19H21BrN2O3/c1-11(2)14-6-4-5-7-17(14)22-18(23)12(3)25-19(24)15-10-13(20)8-9-16(15)21/h4-12H,21H2,1-3H3,(H,22,23)/t12-/m1/s1. The highest BCUT2D eigenvalue weighted by Crippen LogP contribution is 2.24. The van der Waals surface area contributed by atoms with E-state index in [0.717, 1.165) is 5.56 Å². The van der Waals surface area contributed by atoms with E-state index in [1.165, 1.54) is 6.92 Å². The molecule has 0 saturated heterocycles. The minimum Gasteiger partial charge on any atom is -0.449 e. The summed E-state index contributed by atoms with van der Waals surface area (Å²) in [6.07, 6.45) is -0.953. The van der Waals surface area contributed by atoms with E-state index >= 15 is 0 Å². The van der Waals surface area contributed by atoms with E-state index in [-0.39, 0.29) is 11.5 Å². The van der Waals surface area contributed by atoms with Gasteiger partial charge in [0, 0.05) is 15.8 Å². The average molecular weight is 405 g/mol. The Kier molecular flexibility index (Phi) is 6.20. The molecule has 0 bridgehead atoms. The topological polar surface area (TPSA) is 81.4 Å². The second kappa shape index (κ2) is 8.16. The van der Waals surface area contributed by atoms with Crippen LogP contribution >= 0.6 is 15.9 Å². The lowest BCUT2D eigenvalue weighted by Gasteiger charge is -2.17. The molecule has 1 amide bonds. The van der Waals surface area contributed by atoms with E-state index in [1.807, 2.05) is 38.1 Å². The van der Waals surface area contributed by atoms with E-state index in [0.29, 0.717) is 15.8 Å². The fourth-order valence-corrected chi connectivity index (χ4v) is 2.69. The third kappa shape index (κ3) is 4.82. The van der Waals surface area contributed by atoms with Crippen LogP contribution < -0.4 is 11.1 Å². The molecule has 0 heterocycles. The summed E-state index contributed by atoms with van der Waals surface area (Å²) < 4.78 is 5.96. The number of ether oxygens (including phenoxy) is 1. The molecule has 2 aromatic rings. The number of anilines is 2. The Balaban J connectivity index is 2.08. The number of halogens is 1. The normalized spacial score (nSPS) is 11.9. The summed E-state index contributed by atoms with van der Waals surface area (Å²) >= 11 is 3.28. The molecule has 0 aromatic heterocycles. The molecule has 0 radical (unpaired) electrons. The first kappa shape index (κ1) is 19.0. The molecule has 0 saturated carbocycles. The molecule has 2 aromatic carbocycles. The van der Waals surface area contributed by atoms with Crippen LogP contribution in [-0.2, 0) is 9.53 Å². The second-order valence-electron chi connectivity index (χ2n) is 6.01. The van der Waals surface area contributed by atoms with Crippen molar-refractivity contribution < 1.29 is 14.3 Å². The number of para-hydroxylation sites is 1. The highest BCUT2D eigenvalue weighted by atomic mass is 79.9. The maximum atomic E-state index is 12.4. The Morgan fingerprint density at radius 1 is 1.12 bits per heavy atom. The lowest BCUT2D eigenvalue weighted by atomic mass is 10.0. The first-order chi connectivity index (χ1) is 11.8. The van der Waals surface area contributed by atoms with Crippen LogP contribution in [0.3, 0.4) is 0 Å². The molecular weight excluding hydrogens is 384 g/mol. The average Bonchev–Trinajstić information content (AvgIpc) is 2.57. The molecule has 6 heteroatoms. The van der Waals surface area contributed by atoms with Crippen molar-refractivity contribution in [3.05, 3.63) is 58.1 Å². The lowest BCUT2D eigenvalue weighted by Crippen LogP contribution is -2.30. The van der Waals surface area contributed by atoms with E-state index in [2.05, 4.69) is 21.2 Å². The molecule has 2 rings (SSSR count). The Morgan fingerprint density at radius 3 is 2.48 bits per heavy atom. The number of benzene rings is 2. The van der Waals surface area contributed by atoms with Gasteiger partial charge in [-0.1, -0.05) is 48.0 Å². The quantitative estimate of drug-likeness (QED) is 0.573. The zero-order valence-electron chi connectivity index (χ0n) is 14.4. The highest BCUT2D eigenvalue weighted by Gasteiger charge is 2.21. The summed E-state index contributed by atoms with van der Waals surface area (Å²) in [4.78, 5) is 24.6. The molecule has 0 fully saturated rings. The van der Waals surface area contributed by atoms with Crippen molar-refractivity contribution in [1.82, 2.24) is 0 Å². The molecule has 0 unspecified atom stereocenters. The second-order valence-corrected chi connectivity index (χ2v) is 6.93. The fourth-order valence-electron chi connectivity index (χ4n) is 2.33. The van der Waals surface area contributed by atoms with Crippen LogP contribution in [0, 0.1) is 0 Å². The molecular formula is C19H21BrN2O3. The zero-order chi connectivity index (χ0) is 18.6. The van der Waals surface area contributed by atoms with Crippen LogP contribution in [-0.4, -0.2) is 18.0 Å². The van der Waals surface area contributed by atoms with Gasteiger partial charge in [0.15, 0.2) is 6.10 Å². The van der Waals surface area contributed by atoms with Gasteiger partial charge in [-0.15, -0.1) is 0 Å². The third-order valence-electron chi connectivity index (χ3n) is 3.73. The molecule has 0 aliphatic rings. The van der Waals surface area contributed by atoms with Gasteiger partial charge in [-0.05, 0) is 42.7 Å². The van der Waals surface area contributed by atoms with Gasteiger partial charge >= 0.3 is 5.97 Å². The van der Waals surface area contributed by atoms with Crippen LogP contribution in [0.25, 0.3) is 0 Å². The van der Waals surface area contributed by atoms with Crippen molar-refractivity contribution in [2.45, 2.75) is 32.8 Å². The zero-order valence-corrected chi connectivity index (χ0v) is 16.0. The molecule has 132 valence electrons. The van der Waals surface area contributed by atoms with Gasteiger partial charge in [0.2, 0.25) is 0 Å². The predicted molar refractivity (Wildman–Crippen MR) is 103 cm³/mol. The van der Waals surface area contributed by atoms with Crippen LogP contribution in [0.1, 0.15) is 42.6 Å². The maximum absolute atomic E-state index is 12.4. The number of hydrogen-bond donors (Lipinski definition) is 2. The summed E-state index contributed by atoms with van der Waals surface area (Å²) in [5.74, 6) is -0.774. The molecule has 3 N–H and O–H groups in total. The summed E-state index contributed by atoms with van der Waals surface area (Å²) in [6.45, 7) is 5.62. The number of nitrogen functional groups attached to an aromatic ring is 1. The Hall–Kier alpha value is -2.34. The first-order valence-electron chi connectivity index (χ1n) is 7.95. The minimum atomic E-state index is -0.953. The summed E-state index contributed by atoms with van der Waals surface area (Å²) in [7, 11) is 0. The molecule has 5 nitrogen and oxygen atoms in total. The lowest BCUT2D eigenvalue weighted by molar-refractivity contribution is -0.123. The number of nitrogens with one attached hydrogen (secondary N) is 1. The van der Waals surface area contributed by atoms with Gasteiger partial charge in [-0.2, -0.15) is 0 Å². The first-order valence-corrected chi connectivity index (χ1v) is 8.74. The number of rotatable bonds is 5. The number of esters is 1. The molecule has 1 atom stereocenters. The van der Waals surface area contributed by atoms with E-state index in [9.17, 15) is 9.59 Å². The van der Waals surface area contributed by atoms with Crippen molar-refractivity contribution in [2.75, 3.05) is 11.1 Å².